The number of hydrogen-bond donors (Lipinski definition) is 0. The van der Waals surface area contributed by atoms with Gasteiger partial charge in [-0.05, 0) is 44.8 Å². The number of fused-ring (bicyclic) bond motifs is 7. The molecule has 1 aromatic heterocycles. The summed E-state index contributed by atoms with van der Waals surface area (Å²) in [6, 6.07) is 42.0. The molecule has 0 spiro atoms. The van der Waals surface area contributed by atoms with Gasteiger partial charge in [0.25, 0.3) is 0 Å². The van der Waals surface area contributed by atoms with Crippen molar-refractivity contribution >= 4 is 62.1 Å². The molecule has 7 rings (SSSR count). The van der Waals surface area contributed by atoms with Crippen molar-refractivity contribution in [1.29, 1.82) is 0 Å². The minimum Gasteiger partial charge on any atom is -0.407 e. The molecule has 0 unspecified atom stereocenters. The molecular weight excluding hydrogens is 483 g/mol. The van der Waals surface area contributed by atoms with Crippen LogP contribution in [0.1, 0.15) is 0 Å². The van der Waals surface area contributed by atoms with Crippen LogP contribution in [-0.4, -0.2) is 0 Å². The van der Waals surface area contributed by atoms with Gasteiger partial charge in [0.1, 0.15) is 0 Å². The van der Waals surface area contributed by atoms with Crippen molar-refractivity contribution in [1.82, 2.24) is 0 Å². The zero-order valence-electron chi connectivity index (χ0n) is 19.2. The highest BCUT2D eigenvalue weighted by atomic mass is 35.7. The predicted octanol–water partition coefficient (Wildman–Crippen LogP) is 10.9. The molecule has 0 atom stereocenters. The Labute approximate surface area is 213 Å². The highest BCUT2D eigenvalue weighted by molar-refractivity contribution is 7.68. The second kappa shape index (κ2) is 8.60. The van der Waals surface area contributed by atoms with Crippen molar-refractivity contribution in [3.63, 3.8) is 0 Å². The van der Waals surface area contributed by atoms with E-state index in [2.05, 4.69) is 84.9 Å². The van der Waals surface area contributed by atoms with E-state index in [0.29, 0.717) is 0 Å². The fraction of sp³-hybridized carbons (Fsp3) is 0. The molecule has 7 aromatic rings. The zero-order valence-corrected chi connectivity index (χ0v) is 20.8. The first-order valence-electron chi connectivity index (χ1n) is 11.8. The molecular formula is C32H20ClO2P. The lowest BCUT2D eigenvalue weighted by Crippen LogP contribution is -1.87. The second-order valence-corrected chi connectivity index (χ2v) is 10.4. The fourth-order valence-electron chi connectivity index (χ4n) is 5.17. The molecule has 0 fully saturated rings. The third-order valence-corrected chi connectivity index (χ3v) is 7.82. The van der Waals surface area contributed by atoms with Gasteiger partial charge in [-0.1, -0.05) is 109 Å². The van der Waals surface area contributed by atoms with Crippen LogP contribution in [0.4, 0.5) is 0 Å². The summed E-state index contributed by atoms with van der Waals surface area (Å²) in [7, 11) is -1.74. The Balaban J connectivity index is 1.83. The van der Waals surface area contributed by atoms with Crippen LogP contribution in [0.15, 0.2) is 130 Å². The molecule has 6 aromatic carbocycles. The van der Waals surface area contributed by atoms with Gasteiger partial charge in [-0.15, -0.1) is 0 Å². The van der Waals surface area contributed by atoms with E-state index in [4.69, 9.17) is 19.6 Å². The molecule has 0 saturated carbocycles. The molecule has 0 N–H and O–H groups in total. The first-order valence-corrected chi connectivity index (χ1v) is 13.9. The first kappa shape index (κ1) is 21.3. The maximum Gasteiger partial charge on any atom is 0.327 e. The molecule has 1 heterocycles. The van der Waals surface area contributed by atoms with Crippen LogP contribution in [0, 0.1) is 0 Å². The molecule has 0 aliphatic heterocycles. The van der Waals surface area contributed by atoms with Gasteiger partial charge in [-0.25, -0.2) is 0 Å². The summed E-state index contributed by atoms with van der Waals surface area (Å²) in [6.07, 6.45) is 0. The lowest BCUT2D eigenvalue weighted by molar-refractivity contribution is 0.658. The van der Waals surface area contributed by atoms with Crippen LogP contribution in [0.5, 0.6) is 0 Å². The summed E-state index contributed by atoms with van der Waals surface area (Å²) < 4.78 is 13.0. The van der Waals surface area contributed by atoms with E-state index < -0.39 is 7.37 Å². The van der Waals surface area contributed by atoms with E-state index in [0.717, 1.165) is 65.7 Å². The number of hydrogen-bond acceptors (Lipinski definition) is 2. The van der Waals surface area contributed by atoms with Gasteiger partial charge in [0.05, 0.1) is 0 Å². The highest BCUT2D eigenvalue weighted by Crippen LogP contribution is 2.48. The Kier molecular flexibility index (Phi) is 5.10. The van der Waals surface area contributed by atoms with Gasteiger partial charge in [-0.2, -0.15) is 0 Å². The second-order valence-electron chi connectivity index (χ2n) is 8.83. The largest absolute Gasteiger partial charge is 0.407 e. The molecule has 0 radical (unpaired) electrons. The minimum absolute atomic E-state index is 0.759. The topological polar surface area (TPSA) is 26.3 Å². The fourth-order valence-corrected chi connectivity index (χ4v) is 6.29. The van der Waals surface area contributed by atoms with Crippen LogP contribution in [0.3, 0.4) is 0 Å². The van der Waals surface area contributed by atoms with Gasteiger partial charge in [0.2, 0.25) is 0 Å². The van der Waals surface area contributed by atoms with Crippen molar-refractivity contribution in [3.05, 3.63) is 121 Å². The summed E-state index contributed by atoms with van der Waals surface area (Å²) in [5.74, 6) is 0. The van der Waals surface area contributed by atoms with Gasteiger partial charge in [0, 0.05) is 33.1 Å². The van der Waals surface area contributed by atoms with Crippen molar-refractivity contribution in [2.45, 2.75) is 0 Å². The van der Waals surface area contributed by atoms with Crippen molar-refractivity contribution < 1.29 is 8.39 Å². The van der Waals surface area contributed by atoms with Crippen LogP contribution < -0.4 is 0 Å². The zero-order chi connectivity index (χ0) is 24.1. The lowest BCUT2D eigenvalue weighted by atomic mass is 9.91. The van der Waals surface area contributed by atoms with Crippen molar-refractivity contribution in [3.8, 4) is 22.3 Å². The number of benzene rings is 6. The van der Waals surface area contributed by atoms with E-state index in [-0.39, 0.29) is 0 Å². The maximum atomic E-state index is 6.82. The normalized spacial score (nSPS) is 11.5. The number of halogens is 1. The third kappa shape index (κ3) is 3.42. The third-order valence-electron chi connectivity index (χ3n) is 6.75. The number of rotatable bonds is 2. The minimum atomic E-state index is -1.74. The Bertz CT molecular complexity index is 1800. The molecule has 0 bridgehead atoms. The van der Waals surface area contributed by atoms with Crippen LogP contribution >= 0.6 is 18.6 Å². The smallest absolute Gasteiger partial charge is 0.327 e. The quantitative estimate of drug-likeness (QED) is 0.235. The van der Waals surface area contributed by atoms with Gasteiger partial charge in [-0.3, -0.25) is 0 Å². The van der Waals surface area contributed by atoms with Gasteiger partial charge in [0.15, 0.2) is 11.2 Å². The van der Waals surface area contributed by atoms with Crippen molar-refractivity contribution in [2.24, 2.45) is 0 Å². The molecule has 0 aliphatic rings. The molecule has 0 amide bonds. The SMILES string of the molecule is Clp1oc2c(-c3ccccc3)cc3ccccc3c2c2c(o1)c(-c1ccccc1)cc1ccccc12. The Morgan fingerprint density at radius 2 is 0.861 bits per heavy atom. The summed E-state index contributed by atoms with van der Waals surface area (Å²) in [6.45, 7) is 0. The Morgan fingerprint density at radius 1 is 0.472 bits per heavy atom. The average Bonchev–Trinajstić information content (AvgIpc) is 3.09. The standard InChI is InChI=1S/C32H20ClO2P/c33-36-34-31-27(21-11-3-1-4-12-21)19-23-15-7-9-17-25(23)29(31)30-26-18-10-8-16-24(26)20-28(32(30)35-36)22-13-5-2-6-14-22/h1-20H. The van der Waals surface area contributed by atoms with E-state index in [9.17, 15) is 0 Å². The van der Waals surface area contributed by atoms with Crippen LogP contribution in [0.25, 0.3) is 65.7 Å². The highest BCUT2D eigenvalue weighted by Gasteiger charge is 2.19. The molecule has 0 aliphatic carbocycles. The van der Waals surface area contributed by atoms with E-state index in [1.807, 2.05) is 36.4 Å². The predicted molar refractivity (Wildman–Crippen MR) is 153 cm³/mol. The van der Waals surface area contributed by atoms with Gasteiger partial charge < -0.3 is 8.39 Å². The monoisotopic (exact) mass is 502 g/mol. The van der Waals surface area contributed by atoms with E-state index in [1.54, 1.807) is 0 Å². The molecule has 172 valence electrons. The molecule has 2 nitrogen and oxygen atoms in total. The lowest BCUT2D eigenvalue weighted by Gasteiger charge is -2.12. The first-order chi connectivity index (χ1) is 17.8. The summed E-state index contributed by atoms with van der Waals surface area (Å²) in [5, 5.41) is 6.52. The van der Waals surface area contributed by atoms with E-state index in [1.165, 1.54) is 0 Å². The molecule has 4 heteroatoms. The average molecular weight is 503 g/mol. The van der Waals surface area contributed by atoms with Crippen LogP contribution in [-0.2, 0) is 0 Å². The summed E-state index contributed by atoms with van der Waals surface area (Å²) in [5.41, 5.74) is 5.68. The van der Waals surface area contributed by atoms with Gasteiger partial charge >= 0.3 is 7.37 Å². The maximum absolute atomic E-state index is 6.82. The summed E-state index contributed by atoms with van der Waals surface area (Å²) in [4.78, 5) is 0. The molecule has 0 saturated heterocycles. The Morgan fingerprint density at radius 3 is 1.31 bits per heavy atom. The van der Waals surface area contributed by atoms with Crippen LogP contribution in [0.2, 0.25) is 0 Å². The van der Waals surface area contributed by atoms with E-state index >= 15 is 0 Å². The van der Waals surface area contributed by atoms with Crippen molar-refractivity contribution in [2.75, 3.05) is 0 Å². The molecule has 36 heavy (non-hydrogen) atoms. The Hall–Kier alpha value is -3.97. The summed E-state index contributed by atoms with van der Waals surface area (Å²) >= 11 is 6.82.